The zero-order valence-corrected chi connectivity index (χ0v) is 14.2. The second-order valence-electron chi connectivity index (χ2n) is 6.20. The summed E-state index contributed by atoms with van der Waals surface area (Å²) in [7, 11) is 0. The van der Waals surface area contributed by atoms with Crippen LogP contribution >= 0.6 is 11.3 Å². The van der Waals surface area contributed by atoms with Crippen LogP contribution in [-0.4, -0.2) is 38.7 Å². The number of hydrogen-bond donors (Lipinski definition) is 0. The first-order chi connectivity index (χ1) is 10.5. The van der Waals surface area contributed by atoms with Gasteiger partial charge in [0, 0.05) is 24.2 Å². The van der Waals surface area contributed by atoms with E-state index in [9.17, 15) is 4.79 Å². The highest BCUT2D eigenvalue weighted by Crippen LogP contribution is 2.20. The molecule has 1 aliphatic rings. The van der Waals surface area contributed by atoms with E-state index >= 15 is 0 Å². The van der Waals surface area contributed by atoms with Crippen LogP contribution in [0.1, 0.15) is 36.8 Å². The van der Waals surface area contributed by atoms with E-state index in [1.54, 1.807) is 0 Å². The van der Waals surface area contributed by atoms with Crippen molar-refractivity contribution >= 4 is 17.2 Å². The standard InChI is InChI=1S/C16H22N4OS/c1-11-4-6-19(7-5-11)15(21)9-14-10-22-16(17-14)20-13(3)8-12(2)18-20/h8,10-11H,4-7,9H2,1-3H3. The minimum Gasteiger partial charge on any atom is -0.342 e. The molecule has 3 rings (SSSR count). The Morgan fingerprint density at radius 3 is 2.73 bits per heavy atom. The number of amides is 1. The highest BCUT2D eigenvalue weighted by Gasteiger charge is 2.21. The van der Waals surface area contributed by atoms with Crippen molar-refractivity contribution in [1.29, 1.82) is 0 Å². The zero-order valence-electron chi connectivity index (χ0n) is 13.4. The first-order valence-electron chi connectivity index (χ1n) is 7.79. The van der Waals surface area contributed by atoms with Gasteiger partial charge in [0.15, 0.2) is 0 Å². The normalized spacial score (nSPS) is 16.2. The van der Waals surface area contributed by atoms with E-state index in [0.717, 1.165) is 54.1 Å². The Kier molecular flexibility index (Phi) is 4.29. The molecule has 1 amide bonds. The van der Waals surface area contributed by atoms with Gasteiger partial charge in [-0.15, -0.1) is 11.3 Å². The van der Waals surface area contributed by atoms with Gasteiger partial charge >= 0.3 is 0 Å². The predicted molar refractivity (Wildman–Crippen MR) is 87.4 cm³/mol. The molecule has 118 valence electrons. The number of likely N-dealkylation sites (tertiary alicyclic amines) is 1. The topological polar surface area (TPSA) is 51.0 Å². The van der Waals surface area contributed by atoms with Gasteiger partial charge in [-0.05, 0) is 38.7 Å². The highest BCUT2D eigenvalue weighted by atomic mass is 32.1. The molecule has 0 radical (unpaired) electrons. The number of rotatable bonds is 3. The van der Waals surface area contributed by atoms with Crippen LogP contribution in [0, 0.1) is 19.8 Å². The molecule has 0 N–H and O–H groups in total. The van der Waals surface area contributed by atoms with E-state index in [1.165, 1.54) is 11.3 Å². The van der Waals surface area contributed by atoms with Crippen LogP contribution < -0.4 is 0 Å². The summed E-state index contributed by atoms with van der Waals surface area (Å²) in [5.74, 6) is 0.929. The van der Waals surface area contributed by atoms with E-state index in [1.807, 2.05) is 34.9 Å². The Bertz CT molecular complexity index is 667. The molecule has 2 aromatic rings. The number of aromatic nitrogens is 3. The van der Waals surface area contributed by atoms with Gasteiger partial charge < -0.3 is 4.90 Å². The van der Waals surface area contributed by atoms with Gasteiger partial charge in [-0.2, -0.15) is 5.10 Å². The molecule has 0 saturated carbocycles. The van der Waals surface area contributed by atoms with Crippen molar-refractivity contribution in [1.82, 2.24) is 19.7 Å². The number of carbonyl (C=O) groups excluding carboxylic acids is 1. The van der Waals surface area contributed by atoms with Crippen molar-refractivity contribution in [3.63, 3.8) is 0 Å². The van der Waals surface area contributed by atoms with Crippen LogP contribution in [0.4, 0.5) is 0 Å². The molecule has 3 heterocycles. The summed E-state index contributed by atoms with van der Waals surface area (Å²) >= 11 is 1.54. The first kappa shape index (κ1) is 15.2. The third-order valence-electron chi connectivity index (χ3n) is 4.20. The molecule has 0 aromatic carbocycles. The zero-order chi connectivity index (χ0) is 15.7. The Hall–Kier alpha value is -1.69. The van der Waals surface area contributed by atoms with E-state index in [-0.39, 0.29) is 5.91 Å². The monoisotopic (exact) mass is 318 g/mol. The fraction of sp³-hybridized carbons (Fsp3) is 0.562. The number of carbonyl (C=O) groups is 1. The SMILES string of the molecule is Cc1cc(C)n(-c2nc(CC(=O)N3CCC(C)CC3)cs2)n1. The van der Waals surface area contributed by atoms with Gasteiger partial charge in [0.25, 0.3) is 0 Å². The van der Waals surface area contributed by atoms with Gasteiger partial charge in [0.05, 0.1) is 17.8 Å². The van der Waals surface area contributed by atoms with Crippen molar-refractivity contribution in [3.8, 4) is 5.13 Å². The minimum atomic E-state index is 0.192. The summed E-state index contributed by atoms with van der Waals surface area (Å²) < 4.78 is 1.84. The molecule has 0 aliphatic carbocycles. The lowest BCUT2D eigenvalue weighted by Crippen LogP contribution is -2.38. The van der Waals surface area contributed by atoms with Crippen molar-refractivity contribution < 1.29 is 4.79 Å². The van der Waals surface area contributed by atoms with Gasteiger partial charge in [0.1, 0.15) is 0 Å². The molecule has 1 saturated heterocycles. The van der Waals surface area contributed by atoms with Crippen LogP contribution in [0.25, 0.3) is 5.13 Å². The second-order valence-corrected chi connectivity index (χ2v) is 7.04. The number of thiazole rings is 1. The summed E-state index contributed by atoms with van der Waals surface area (Å²) in [6.45, 7) is 8.01. The molecule has 1 aliphatic heterocycles. The van der Waals surface area contributed by atoms with Crippen LogP contribution in [0.15, 0.2) is 11.4 Å². The average Bonchev–Trinajstić information content (AvgIpc) is 3.06. The van der Waals surface area contributed by atoms with E-state index < -0.39 is 0 Å². The Balaban J connectivity index is 1.67. The molecule has 0 atom stereocenters. The highest BCUT2D eigenvalue weighted by molar-refractivity contribution is 7.12. The summed E-state index contributed by atoms with van der Waals surface area (Å²) in [5, 5.41) is 7.24. The van der Waals surface area contributed by atoms with Gasteiger partial charge in [-0.3, -0.25) is 4.79 Å². The Morgan fingerprint density at radius 1 is 1.36 bits per heavy atom. The third kappa shape index (κ3) is 3.21. The number of aryl methyl sites for hydroxylation is 2. The Labute approximate surface area is 135 Å². The van der Waals surface area contributed by atoms with Crippen molar-refractivity contribution in [2.75, 3.05) is 13.1 Å². The van der Waals surface area contributed by atoms with Crippen molar-refractivity contribution in [3.05, 3.63) is 28.5 Å². The van der Waals surface area contributed by atoms with Crippen LogP contribution in [0.2, 0.25) is 0 Å². The summed E-state index contributed by atoms with van der Waals surface area (Å²) in [6, 6.07) is 2.03. The number of hydrogen-bond acceptors (Lipinski definition) is 4. The summed E-state index contributed by atoms with van der Waals surface area (Å²) in [5.41, 5.74) is 2.89. The minimum absolute atomic E-state index is 0.192. The molecular formula is C16H22N4OS. The molecule has 5 nitrogen and oxygen atoms in total. The molecular weight excluding hydrogens is 296 g/mol. The number of piperidine rings is 1. The maximum absolute atomic E-state index is 12.4. The van der Waals surface area contributed by atoms with Gasteiger partial charge in [0.2, 0.25) is 11.0 Å². The largest absolute Gasteiger partial charge is 0.342 e. The lowest BCUT2D eigenvalue weighted by molar-refractivity contribution is -0.131. The fourth-order valence-electron chi connectivity index (χ4n) is 2.82. The molecule has 22 heavy (non-hydrogen) atoms. The Morgan fingerprint density at radius 2 is 2.09 bits per heavy atom. The lowest BCUT2D eigenvalue weighted by atomic mass is 9.99. The first-order valence-corrected chi connectivity index (χ1v) is 8.66. The van der Waals surface area contributed by atoms with Gasteiger partial charge in [-0.1, -0.05) is 6.92 Å². The third-order valence-corrected chi connectivity index (χ3v) is 5.06. The van der Waals surface area contributed by atoms with Crippen LogP contribution in [-0.2, 0) is 11.2 Å². The van der Waals surface area contributed by atoms with E-state index in [0.29, 0.717) is 6.42 Å². The van der Waals surface area contributed by atoms with Crippen molar-refractivity contribution in [2.45, 2.75) is 40.0 Å². The smallest absolute Gasteiger partial charge is 0.228 e. The van der Waals surface area contributed by atoms with Crippen LogP contribution in [0.5, 0.6) is 0 Å². The number of nitrogens with zero attached hydrogens (tertiary/aromatic N) is 4. The quantitative estimate of drug-likeness (QED) is 0.874. The molecule has 6 heteroatoms. The molecule has 1 fully saturated rings. The summed E-state index contributed by atoms with van der Waals surface area (Å²) in [6.07, 6.45) is 2.61. The molecule has 0 bridgehead atoms. The van der Waals surface area contributed by atoms with Crippen molar-refractivity contribution in [2.24, 2.45) is 5.92 Å². The molecule has 2 aromatic heterocycles. The van der Waals surface area contributed by atoms with Gasteiger partial charge in [-0.25, -0.2) is 9.67 Å². The van der Waals surface area contributed by atoms with Crippen LogP contribution in [0.3, 0.4) is 0 Å². The lowest BCUT2D eigenvalue weighted by Gasteiger charge is -2.30. The summed E-state index contributed by atoms with van der Waals surface area (Å²) in [4.78, 5) is 18.9. The van der Waals surface area contributed by atoms with E-state index in [2.05, 4.69) is 17.0 Å². The maximum Gasteiger partial charge on any atom is 0.228 e. The predicted octanol–water partition coefficient (Wildman–Crippen LogP) is 2.75. The maximum atomic E-state index is 12.4. The average molecular weight is 318 g/mol. The molecule has 0 unspecified atom stereocenters. The second kappa shape index (κ2) is 6.20. The fourth-order valence-corrected chi connectivity index (χ4v) is 3.65. The van der Waals surface area contributed by atoms with E-state index in [4.69, 9.17) is 0 Å². The molecule has 0 spiro atoms.